The molecule has 1 heterocycles. The number of benzene rings is 1. The average Bonchev–Trinajstić information content (AvgIpc) is 2.61. The number of rotatable bonds is 2. The molecular weight excluding hydrogens is 210 g/mol. The molecular formula is C11H14ClN3. The van der Waals surface area contributed by atoms with E-state index in [1.54, 1.807) is 6.20 Å². The van der Waals surface area contributed by atoms with Crippen molar-refractivity contribution in [2.75, 3.05) is 5.73 Å². The lowest BCUT2D eigenvalue weighted by Gasteiger charge is -2.05. The largest absolute Gasteiger partial charge is 0.396 e. The van der Waals surface area contributed by atoms with Gasteiger partial charge in [-0.3, -0.25) is 0 Å². The van der Waals surface area contributed by atoms with Crippen molar-refractivity contribution in [3.8, 4) is 5.69 Å². The van der Waals surface area contributed by atoms with Crippen molar-refractivity contribution in [3.05, 3.63) is 42.2 Å². The highest BCUT2D eigenvalue weighted by molar-refractivity contribution is 5.85. The molecule has 0 fully saturated rings. The predicted octanol–water partition coefficient (Wildman–Crippen LogP) is 2.44. The third-order valence-corrected chi connectivity index (χ3v) is 2.24. The summed E-state index contributed by atoms with van der Waals surface area (Å²) < 4.78 is 1.88. The van der Waals surface area contributed by atoms with Crippen LogP contribution in [0, 0.1) is 0 Å². The molecule has 0 saturated carbocycles. The van der Waals surface area contributed by atoms with E-state index >= 15 is 0 Å². The Balaban J connectivity index is 0.00000112. The number of anilines is 1. The second kappa shape index (κ2) is 4.84. The van der Waals surface area contributed by atoms with Crippen molar-refractivity contribution in [3.63, 3.8) is 0 Å². The Morgan fingerprint density at radius 3 is 2.53 bits per heavy atom. The van der Waals surface area contributed by atoms with Crippen LogP contribution in [0.25, 0.3) is 5.69 Å². The SMILES string of the molecule is CCc1c(N)cnn1-c1ccccc1.Cl. The summed E-state index contributed by atoms with van der Waals surface area (Å²) in [4.78, 5) is 0. The van der Waals surface area contributed by atoms with Crippen LogP contribution < -0.4 is 5.73 Å². The second-order valence-corrected chi connectivity index (χ2v) is 3.15. The van der Waals surface area contributed by atoms with Gasteiger partial charge in [0.05, 0.1) is 23.3 Å². The van der Waals surface area contributed by atoms with Gasteiger partial charge in [0.1, 0.15) is 0 Å². The van der Waals surface area contributed by atoms with E-state index in [1.165, 1.54) is 0 Å². The molecule has 1 aromatic heterocycles. The zero-order chi connectivity index (χ0) is 9.97. The highest BCUT2D eigenvalue weighted by Gasteiger charge is 2.06. The first kappa shape index (κ1) is 11.6. The van der Waals surface area contributed by atoms with E-state index in [2.05, 4.69) is 12.0 Å². The van der Waals surface area contributed by atoms with E-state index in [1.807, 2.05) is 35.0 Å². The molecule has 0 radical (unpaired) electrons. The van der Waals surface area contributed by atoms with E-state index in [4.69, 9.17) is 5.73 Å². The quantitative estimate of drug-likeness (QED) is 0.850. The van der Waals surface area contributed by atoms with E-state index < -0.39 is 0 Å². The van der Waals surface area contributed by atoms with Crippen molar-refractivity contribution in [2.24, 2.45) is 0 Å². The zero-order valence-electron chi connectivity index (χ0n) is 8.55. The third-order valence-electron chi connectivity index (χ3n) is 2.24. The number of hydrogen-bond donors (Lipinski definition) is 1. The highest BCUT2D eigenvalue weighted by atomic mass is 35.5. The van der Waals surface area contributed by atoms with Gasteiger partial charge in [-0.05, 0) is 18.6 Å². The molecule has 0 spiro atoms. The molecule has 0 unspecified atom stereocenters. The summed E-state index contributed by atoms with van der Waals surface area (Å²) in [5, 5.41) is 4.25. The normalized spacial score (nSPS) is 9.67. The molecule has 2 rings (SSSR count). The number of hydrogen-bond acceptors (Lipinski definition) is 2. The van der Waals surface area contributed by atoms with Gasteiger partial charge in [0.15, 0.2) is 0 Å². The molecule has 2 N–H and O–H groups in total. The van der Waals surface area contributed by atoms with Crippen LogP contribution in [0.15, 0.2) is 36.5 Å². The first-order valence-corrected chi connectivity index (χ1v) is 4.70. The monoisotopic (exact) mass is 223 g/mol. The van der Waals surface area contributed by atoms with Gasteiger partial charge in [-0.2, -0.15) is 5.10 Å². The molecule has 2 aromatic rings. The topological polar surface area (TPSA) is 43.8 Å². The van der Waals surface area contributed by atoms with Crippen LogP contribution in [0.3, 0.4) is 0 Å². The van der Waals surface area contributed by atoms with Gasteiger partial charge in [-0.15, -0.1) is 12.4 Å². The van der Waals surface area contributed by atoms with Crippen LogP contribution in [0.5, 0.6) is 0 Å². The lowest BCUT2D eigenvalue weighted by Crippen LogP contribution is -2.02. The lowest BCUT2D eigenvalue weighted by atomic mass is 10.2. The van der Waals surface area contributed by atoms with Crippen molar-refractivity contribution in [1.29, 1.82) is 0 Å². The Hall–Kier alpha value is -1.48. The van der Waals surface area contributed by atoms with Gasteiger partial charge in [0.25, 0.3) is 0 Å². The molecule has 0 aliphatic rings. The maximum absolute atomic E-state index is 5.81. The highest BCUT2D eigenvalue weighted by Crippen LogP contribution is 2.16. The fourth-order valence-corrected chi connectivity index (χ4v) is 1.53. The maximum Gasteiger partial charge on any atom is 0.0737 e. The first-order valence-electron chi connectivity index (χ1n) is 4.70. The van der Waals surface area contributed by atoms with Gasteiger partial charge in [0, 0.05) is 0 Å². The van der Waals surface area contributed by atoms with Gasteiger partial charge in [0.2, 0.25) is 0 Å². The molecule has 1 aromatic carbocycles. The lowest BCUT2D eigenvalue weighted by molar-refractivity contribution is 0.815. The van der Waals surface area contributed by atoms with Crippen molar-refractivity contribution < 1.29 is 0 Å². The smallest absolute Gasteiger partial charge is 0.0737 e. The molecule has 4 heteroatoms. The Morgan fingerprint density at radius 2 is 1.93 bits per heavy atom. The summed E-state index contributed by atoms with van der Waals surface area (Å²) in [5.74, 6) is 0. The van der Waals surface area contributed by atoms with Gasteiger partial charge in [-0.1, -0.05) is 25.1 Å². The van der Waals surface area contributed by atoms with Crippen molar-refractivity contribution in [2.45, 2.75) is 13.3 Å². The summed E-state index contributed by atoms with van der Waals surface area (Å²) in [7, 11) is 0. The minimum absolute atomic E-state index is 0. The first-order chi connectivity index (χ1) is 6.83. The fraction of sp³-hybridized carbons (Fsp3) is 0.182. The molecule has 0 amide bonds. The van der Waals surface area contributed by atoms with Crippen LogP contribution in [-0.2, 0) is 6.42 Å². The molecule has 15 heavy (non-hydrogen) atoms. The Labute approximate surface area is 95.3 Å². The minimum atomic E-state index is 0. The molecule has 0 saturated heterocycles. The summed E-state index contributed by atoms with van der Waals surface area (Å²) in [6, 6.07) is 10.0. The number of nitrogen functional groups attached to an aromatic ring is 1. The van der Waals surface area contributed by atoms with Gasteiger partial charge >= 0.3 is 0 Å². The predicted molar refractivity (Wildman–Crippen MR) is 64.6 cm³/mol. The standard InChI is InChI=1S/C11H13N3.ClH/c1-2-11-10(12)8-13-14(11)9-6-4-3-5-7-9;/h3-8H,2,12H2,1H3;1H. The second-order valence-electron chi connectivity index (χ2n) is 3.15. The van der Waals surface area contributed by atoms with Gasteiger partial charge in [-0.25, -0.2) is 4.68 Å². The average molecular weight is 224 g/mol. The Morgan fingerprint density at radius 1 is 1.27 bits per heavy atom. The van der Waals surface area contributed by atoms with E-state index in [9.17, 15) is 0 Å². The molecule has 80 valence electrons. The number of aromatic nitrogens is 2. The minimum Gasteiger partial charge on any atom is -0.396 e. The van der Waals surface area contributed by atoms with Crippen LogP contribution in [0.4, 0.5) is 5.69 Å². The number of nitrogens with two attached hydrogens (primary N) is 1. The number of nitrogens with zero attached hydrogens (tertiary/aromatic N) is 2. The van der Waals surface area contributed by atoms with Crippen LogP contribution in [-0.4, -0.2) is 9.78 Å². The molecule has 0 atom stereocenters. The van der Waals surface area contributed by atoms with Crippen LogP contribution in [0.2, 0.25) is 0 Å². The summed E-state index contributed by atoms with van der Waals surface area (Å²) in [6.07, 6.45) is 2.59. The summed E-state index contributed by atoms with van der Waals surface area (Å²) in [5.41, 5.74) is 8.69. The van der Waals surface area contributed by atoms with Crippen LogP contribution >= 0.6 is 12.4 Å². The van der Waals surface area contributed by atoms with E-state index in [0.29, 0.717) is 0 Å². The maximum atomic E-state index is 5.81. The molecule has 0 aliphatic heterocycles. The zero-order valence-corrected chi connectivity index (χ0v) is 9.37. The summed E-state index contributed by atoms with van der Waals surface area (Å²) >= 11 is 0. The Bertz CT molecular complexity index is 423. The fourth-order valence-electron chi connectivity index (χ4n) is 1.53. The van der Waals surface area contributed by atoms with Crippen molar-refractivity contribution >= 4 is 18.1 Å². The number of halogens is 1. The third kappa shape index (κ3) is 2.13. The summed E-state index contributed by atoms with van der Waals surface area (Å²) in [6.45, 7) is 2.08. The number of para-hydroxylation sites is 1. The van der Waals surface area contributed by atoms with Crippen molar-refractivity contribution in [1.82, 2.24) is 9.78 Å². The molecule has 0 bridgehead atoms. The van der Waals surface area contributed by atoms with E-state index in [-0.39, 0.29) is 12.4 Å². The molecule has 3 nitrogen and oxygen atoms in total. The molecule has 0 aliphatic carbocycles. The van der Waals surface area contributed by atoms with Gasteiger partial charge < -0.3 is 5.73 Å². The Kier molecular flexibility index (Phi) is 3.74. The van der Waals surface area contributed by atoms with E-state index in [0.717, 1.165) is 23.5 Å². The van der Waals surface area contributed by atoms with Crippen LogP contribution in [0.1, 0.15) is 12.6 Å².